The number of rotatable bonds is 5. The van der Waals surface area contributed by atoms with Crippen molar-refractivity contribution in [2.75, 3.05) is 17.7 Å². The third-order valence-corrected chi connectivity index (χ3v) is 4.05. The van der Waals surface area contributed by atoms with Gasteiger partial charge in [-0.1, -0.05) is 35.9 Å². The van der Waals surface area contributed by atoms with Crippen LogP contribution in [0.5, 0.6) is 5.75 Å². The van der Waals surface area contributed by atoms with E-state index in [2.05, 4.69) is 37.0 Å². The summed E-state index contributed by atoms with van der Waals surface area (Å²) in [6.45, 7) is 2.81. The van der Waals surface area contributed by atoms with Gasteiger partial charge in [0.2, 0.25) is 5.91 Å². The highest BCUT2D eigenvalue weighted by Gasteiger charge is 2.14. The fourth-order valence-electron chi connectivity index (χ4n) is 2.39. The normalized spacial score (nSPS) is 12.5. The van der Waals surface area contributed by atoms with Crippen LogP contribution in [0.2, 0.25) is 0 Å². The number of carbonyl (C=O) groups is 1. The van der Waals surface area contributed by atoms with Gasteiger partial charge in [0.1, 0.15) is 5.75 Å². The van der Waals surface area contributed by atoms with Crippen molar-refractivity contribution in [1.82, 2.24) is 0 Å². The average Bonchev–Trinajstić information content (AvgIpc) is 2.60. The maximum absolute atomic E-state index is 11.2. The molecule has 3 rings (SSSR count). The number of benzene rings is 2. The van der Waals surface area contributed by atoms with Crippen LogP contribution in [0.1, 0.15) is 30.4 Å². The van der Waals surface area contributed by atoms with E-state index < -0.39 is 0 Å². The molecule has 1 amide bonds. The van der Waals surface area contributed by atoms with Crippen molar-refractivity contribution >= 4 is 24.2 Å². The molecule has 3 nitrogen and oxygen atoms in total. The molecular formula is C20H25NO2S. The van der Waals surface area contributed by atoms with Gasteiger partial charge in [-0.3, -0.25) is 4.79 Å². The van der Waals surface area contributed by atoms with Crippen LogP contribution < -0.4 is 10.1 Å². The van der Waals surface area contributed by atoms with Crippen LogP contribution in [0.3, 0.4) is 0 Å². The van der Waals surface area contributed by atoms with E-state index in [-0.39, 0.29) is 5.91 Å². The third kappa shape index (κ3) is 6.28. The van der Waals surface area contributed by atoms with Gasteiger partial charge in [0.15, 0.2) is 0 Å². The van der Waals surface area contributed by atoms with E-state index in [1.807, 2.05) is 36.4 Å². The molecule has 1 N–H and O–H groups in total. The first-order valence-corrected chi connectivity index (χ1v) is 9.00. The summed E-state index contributed by atoms with van der Waals surface area (Å²) in [4.78, 5) is 11.2. The van der Waals surface area contributed by atoms with E-state index >= 15 is 0 Å². The average molecular weight is 343 g/mol. The van der Waals surface area contributed by atoms with Crippen LogP contribution in [0.25, 0.3) is 0 Å². The van der Waals surface area contributed by atoms with Crippen LogP contribution in [-0.4, -0.2) is 18.3 Å². The van der Waals surface area contributed by atoms with Crippen molar-refractivity contribution in [1.29, 1.82) is 0 Å². The fraction of sp³-hybridized carbons (Fsp3) is 0.350. The second-order valence-corrected chi connectivity index (χ2v) is 6.25. The summed E-state index contributed by atoms with van der Waals surface area (Å²) >= 11 is 4.16. The van der Waals surface area contributed by atoms with Crippen molar-refractivity contribution in [2.45, 2.75) is 32.6 Å². The Balaban J connectivity index is 0.000000249. The van der Waals surface area contributed by atoms with Crippen LogP contribution >= 0.6 is 12.6 Å². The van der Waals surface area contributed by atoms with E-state index in [4.69, 9.17) is 4.74 Å². The highest BCUT2D eigenvalue weighted by Crippen LogP contribution is 2.26. The molecule has 0 fully saturated rings. The van der Waals surface area contributed by atoms with Gasteiger partial charge < -0.3 is 10.1 Å². The second kappa shape index (κ2) is 10.0. The van der Waals surface area contributed by atoms with Gasteiger partial charge in [-0.15, -0.1) is 0 Å². The lowest BCUT2D eigenvalue weighted by Crippen LogP contribution is -2.18. The molecule has 0 bridgehead atoms. The summed E-state index contributed by atoms with van der Waals surface area (Å²) in [6.07, 6.45) is 3.46. The Labute approximate surface area is 149 Å². The van der Waals surface area contributed by atoms with Crippen molar-refractivity contribution in [3.05, 3.63) is 59.7 Å². The number of unbranched alkanes of at least 4 members (excludes halogenated alkanes) is 1. The van der Waals surface area contributed by atoms with E-state index in [9.17, 15) is 4.79 Å². The predicted octanol–water partition coefficient (Wildman–Crippen LogP) is 4.66. The number of carbonyl (C=O) groups excluding carboxylic acids is 1. The zero-order chi connectivity index (χ0) is 17.2. The fourth-order valence-corrected chi connectivity index (χ4v) is 2.61. The number of hydrogen-bond donors (Lipinski definition) is 2. The number of hydrogen-bond acceptors (Lipinski definition) is 3. The zero-order valence-corrected chi connectivity index (χ0v) is 15.0. The summed E-state index contributed by atoms with van der Waals surface area (Å²) in [6, 6.07) is 16.1. The summed E-state index contributed by atoms with van der Waals surface area (Å²) in [5.41, 5.74) is 3.41. The summed E-state index contributed by atoms with van der Waals surface area (Å²) in [5.74, 6) is 1.89. The molecule has 24 heavy (non-hydrogen) atoms. The summed E-state index contributed by atoms with van der Waals surface area (Å²) in [7, 11) is 0. The number of anilines is 1. The molecule has 0 radical (unpaired) electrons. The Hall–Kier alpha value is -1.94. The third-order valence-electron chi connectivity index (χ3n) is 3.73. The molecule has 0 aromatic heterocycles. The van der Waals surface area contributed by atoms with E-state index in [1.165, 1.54) is 5.56 Å². The molecule has 0 spiro atoms. The molecule has 1 aliphatic rings. The first kappa shape index (κ1) is 18.4. The lowest BCUT2D eigenvalue weighted by molar-refractivity contribution is -0.116. The van der Waals surface area contributed by atoms with Crippen LogP contribution in [0, 0.1) is 6.92 Å². The standard InChI is InChI=1S/C13H17NO2S.C7H8/c15-13-6-3-10-9-11(4-5-12(10)14-13)16-7-1-2-8-17;1-7-5-3-2-4-6-7/h4-5,9,17H,1-3,6-8H2,(H,14,15);2-6H,1H3. The van der Waals surface area contributed by atoms with Gasteiger partial charge in [-0.25, -0.2) is 0 Å². The molecule has 2 aromatic rings. The number of nitrogens with one attached hydrogen (secondary N) is 1. The van der Waals surface area contributed by atoms with Gasteiger partial charge in [0.25, 0.3) is 0 Å². The van der Waals surface area contributed by atoms with Gasteiger partial charge in [0, 0.05) is 12.1 Å². The molecule has 4 heteroatoms. The Morgan fingerprint density at radius 3 is 2.54 bits per heavy atom. The van der Waals surface area contributed by atoms with Gasteiger partial charge in [-0.2, -0.15) is 12.6 Å². The SMILES string of the molecule is Cc1ccccc1.O=C1CCc2cc(OCCCCS)ccc2N1. The van der Waals surface area contributed by atoms with E-state index in [0.29, 0.717) is 6.42 Å². The van der Waals surface area contributed by atoms with Gasteiger partial charge in [0.05, 0.1) is 6.61 Å². The monoisotopic (exact) mass is 343 g/mol. The number of fused-ring (bicyclic) bond motifs is 1. The second-order valence-electron chi connectivity index (χ2n) is 5.80. The molecule has 0 saturated heterocycles. The predicted molar refractivity (Wildman–Crippen MR) is 103 cm³/mol. The largest absolute Gasteiger partial charge is 0.494 e. The van der Waals surface area contributed by atoms with Crippen molar-refractivity contribution in [3.63, 3.8) is 0 Å². The maximum Gasteiger partial charge on any atom is 0.224 e. The lowest BCUT2D eigenvalue weighted by atomic mass is 10.0. The molecule has 1 heterocycles. The highest BCUT2D eigenvalue weighted by molar-refractivity contribution is 7.80. The molecule has 128 valence electrons. The Morgan fingerprint density at radius 1 is 1.08 bits per heavy atom. The van der Waals surface area contributed by atoms with E-state index in [0.717, 1.165) is 48.6 Å². The van der Waals surface area contributed by atoms with Crippen molar-refractivity contribution < 1.29 is 9.53 Å². The topological polar surface area (TPSA) is 38.3 Å². The Morgan fingerprint density at radius 2 is 1.88 bits per heavy atom. The smallest absolute Gasteiger partial charge is 0.224 e. The molecule has 0 aliphatic carbocycles. The van der Waals surface area contributed by atoms with Crippen LogP contribution in [-0.2, 0) is 11.2 Å². The summed E-state index contributed by atoms with van der Waals surface area (Å²) in [5, 5.41) is 2.86. The first-order chi connectivity index (χ1) is 11.7. The molecule has 0 saturated carbocycles. The Bertz CT molecular complexity index is 643. The van der Waals surface area contributed by atoms with Gasteiger partial charge in [-0.05, 0) is 55.7 Å². The Kier molecular flexibility index (Phi) is 7.69. The maximum atomic E-state index is 11.2. The number of aryl methyl sites for hydroxylation is 2. The lowest BCUT2D eigenvalue weighted by Gasteiger charge is -2.17. The first-order valence-electron chi connectivity index (χ1n) is 8.37. The minimum absolute atomic E-state index is 0.0972. The molecule has 0 unspecified atom stereocenters. The van der Waals surface area contributed by atoms with Crippen LogP contribution in [0.4, 0.5) is 5.69 Å². The number of ether oxygens (including phenoxy) is 1. The number of thiol groups is 1. The molecule has 1 aliphatic heterocycles. The van der Waals surface area contributed by atoms with Crippen molar-refractivity contribution in [3.8, 4) is 5.75 Å². The van der Waals surface area contributed by atoms with Crippen LogP contribution in [0.15, 0.2) is 48.5 Å². The molecular weight excluding hydrogens is 318 g/mol. The van der Waals surface area contributed by atoms with E-state index in [1.54, 1.807) is 0 Å². The summed E-state index contributed by atoms with van der Waals surface area (Å²) < 4.78 is 5.65. The zero-order valence-electron chi connectivity index (χ0n) is 14.1. The minimum Gasteiger partial charge on any atom is -0.494 e. The quantitative estimate of drug-likeness (QED) is 0.612. The highest BCUT2D eigenvalue weighted by atomic mass is 32.1. The van der Waals surface area contributed by atoms with Gasteiger partial charge >= 0.3 is 0 Å². The van der Waals surface area contributed by atoms with Crippen molar-refractivity contribution in [2.24, 2.45) is 0 Å². The minimum atomic E-state index is 0.0972. The molecule has 2 aromatic carbocycles. The molecule has 0 atom stereocenters. The number of amides is 1.